The summed E-state index contributed by atoms with van der Waals surface area (Å²) in [5, 5.41) is 0. The van der Waals surface area contributed by atoms with Gasteiger partial charge >= 0.3 is 5.97 Å². The summed E-state index contributed by atoms with van der Waals surface area (Å²) in [7, 11) is 1.55. The molecule has 0 fully saturated rings. The number of esters is 1. The molecule has 2 aromatic carbocycles. The number of carbonyl (C=O) groups excluding carboxylic acids is 1. The number of benzene rings is 1. The van der Waals surface area contributed by atoms with Gasteiger partial charge in [0.1, 0.15) is 11.5 Å². The maximum atomic E-state index is 12.2. The van der Waals surface area contributed by atoms with Crippen LogP contribution in [0.15, 0.2) is 53.3 Å². The first-order chi connectivity index (χ1) is 12.6. The summed E-state index contributed by atoms with van der Waals surface area (Å²) < 4.78 is 15.9. The first kappa shape index (κ1) is 19.5. The van der Waals surface area contributed by atoms with Crippen LogP contribution in [0.5, 0.6) is 17.2 Å². The van der Waals surface area contributed by atoms with E-state index in [-0.39, 0.29) is 11.2 Å². The molecular formula is C21H24O5. The predicted molar refractivity (Wildman–Crippen MR) is 100 cm³/mol. The molecule has 2 aromatic rings. The fraction of sp³-hybridized carbons (Fsp3) is 0.333. The van der Waals surface area contributed by atoms with Crippen molar-refractivity contribution in [3.8, 4) is 17.2 Å². The molecule has 0 N–H and O–H groups in total. The Labute approximate surface area is 153 Å². The van der Waals surface area contributed by atoms with Crippen LogP contribution >= 0.6 is 0 Å². The Morgan fingerprint density at radius 3 is 2.27 bits per heavy atom. The van der Waals surface area contributed by atoms with E-state index in [1.165, 1.54) is 25.0 Å². The standard InChI is InChI=1S/C21H24O5/c1-3-4-5-6-15-25-18-11-13-19(22)20(14-12-18)26-21(23)16-7-9-17(24-2)10-8-16/h7-14H,3-6,15H2,1-2H3. The van der Waals surface area contributed by atoms with Gasteiger partial charge in [0.05, 0.1) is 19.3 Å². The molecule has 5 nitrogen and oxygen atoms in total. The first-order valence-corrected chi connectivity index (χ1v) is 8.77. The topological polar surface area (TPSA) is 61.8 Å². The molecule has 0 aliphatic heterocycles. The van der Waals surface area contributed by atoms with Gasteiger partial charge in [0.2, 0.25) is 5.43 Å². The van der Waals surface area contributed by atoms with Crippen molar-refractivity contribution in [2.24, 2.45) is 0 Å². The highest BCUT2D eigenvalue weighted by Gasteiger charge is 2.10. The summed E-state index contributed by atoms with van der Waals surface area (Å²) >= 11 is 0. The van der Waals surface area contributed by atoms with E-state index in [4.69, 9.17) is 14.2 Å². The van der Waals surface area contributed by atoms with Gasteiger partial charge in [-0.25, -0.2) is 4.79 Å². The molecule has 5 heteroatoms. The number of unbranched alkanes of at least 4 members (excludes halogenated alkanes) is 3. The smallest absolute Gasteiger partial charge is 0.343 e. The molecule has 0 heterocycles. The maximum Gasteiger partial charge on any atom is 0.343 e. The van der Waals surface area contributed by atoms with E-state index in [9.17, 15) is 9.59 Å². The van der Waals surface area contributed by atoms with E-state index in [1.54, 1.807) is 43.5 Å². The quantitative estimate of drug-likeness (QED) is 0.497. The molecule has 0 bridgehead atoms. The molecule has 138 valence electrons. The van der Waals surface area contributed by atoms with E-state index in [0.29, 0.717) is 23.7 Å². The lowest BCUT2D eigenvalue weighted by Crippen LogP contribution is -2.13. The third-order valence-electron chi connectivity index (χ3n) is 3.84. The monoisotopic (exact) mass is 356 g/mol. The van der Waals surface area contributed by atoms with Crippen molar-refractivity contribution in [2.45, 2.75) is 32.6 Å². The van der Waals surface area contributed by atoms with Gasteiger partial charge in [-0.2, -0.15) is 0 Å². The molecule has 26 heavy (non-hydrogen) atoms. The highest BCUT2D eigenvalue weighted by Crippen LogP contribution is 2.15. The van der Waals surface area contributed by atoms with Crippen molar-refractivity contribution in [3.05, 3.63) is 64.3 Å². The summed E-state index contributed by atoms with van der Waals surface area (Å²) in [4.78, 5) is 24.3. The van der Waals surface area contributed by atoms with Crippen LogP contribution in [0.4, 0.5) is 0 Å². The third-order valence-corrected chi connectivity index (χ3v) is 3.84. The zero-order valence-electron chi connectivity index (χ0n) is 15.2. The first-order valence-electron chi connectivity index (χ1n) is 8.77. The van der Waals surface area contributed by atoms with Gasteiger partial charge in [0.15, 0.2) is 5.75 Å². The lowest BCUT2D eigenvalue weighted by molar-refractivity contribution is 0.0733. The molecule has 0 atom stereocenters. The molecule has 0 radical (unpaired) electrons. The number of carbonyl (C=O) groups is 1. The summed E-state index contributed by atoms with van der Waals surface area (Å²) in [6.07, 6.45) is 4.44. The average Bonchev–Trinajstić information content (AvgIpc) is 2.84. The molecular weight excluding hydrogens is 332 g/mol. The van der Waals surface area contributed by atoms with Crippen molar-refractivity contribution < 1.29 is 19.0 Å². The van der Waals surface area contributed by atoms with E-state index in [0.717, 1.165) is 12.8 Å². The van der Waals surface area contributed by atoms with Crippen molar-refractivity contribution in [1.29, 1.82) is 0 Å². The fourth-order valence-electron chi connectivity index (χ4n) is 2.32. The molecule has 0 unspecified atom stereocenters. The van der Waals surface area contributed by atoms with Crippen LogP contribution in [0, 0.1) is 0 Å². The molecule has 0 saturated carbocycles. The lowest BCUT2D eigenvalue weighted by Gasteiger charge is -2.04. The van der Waals surface area contributed by atoms with Crippen LogP contribution in [-0.4, -0.2) is 19.7 Å². The van der Waals surface area contributed by atoms with Crippen LogP contribution in [0.1, 0.15) is 43.0 Å². The number of methoxy groups -OCH3 is 1. The van der Waals surface area contributed by atoms with E-state index in [2.05, 4.69) is 6.92 Å². The molecule has 0 saturated heterocycles. The second kappa shape index (κ2) is 10.2. The summed E-state index contributed by atoms with van der Waals surface area (Å²) in [5.74, 6) is 0.577. The minimum atomic E-state index is -0.599. The third kappa shape index (κ3) is 5.92. The van der Waals surface area contributed by atoms with Crippen molar-refractivity contribution in [1.82, 2.24) is 0 Å². The fourth-order valence-corrected chi connectivity index (χ4v) is 2.32. The Hall–Kier alpha value is -2.82. The zero-order valence-corrected chi connectivity index (χ0v) is 15.2. The molecule has 2 rings (SSSR count). The Kier molecular flexibility index (Phi) is 7.68. The second-order valence-electron chi connectivity index (χ2n) is 5.82. The van der Waals surface area contributed by atoms with Gasteiger partial charge in [0, 0.05) is 0 Å². The van der Waals surface area contributed by atoms with E-state index < -0.39 is 5.97 Å². The molecule has 0 amide bonds. The molecule has 0 aliphatic carbocycles. The Morgan fingerprint density at radius 1 is 0.885 bits per heavy atom. The Bertz CT molecular complexity index is 768. The average molecular weight is 356 g/mol. The van der Waals surface area contributed by atoms with Crippen LogP contribution in [0.3, 0.4) is 0 Å². The van der Waals surface area contributed by atoms with Crippen LogP contribution in [0.2, 0.25) is 0 Å². The minimum Gasteiger partial charge on any atom is -0.497 e. The maximum absolute atomic E-state index is 12.2. The number of hydrogen-bond donors (Lipinski definition) is 0. The van der Waals surface area contributed by atoms with Gasteiger partial charge in [-0.15, -0.1) is 0 Å². The Balaban J connectivity index is 2.01. The van der Waals surface area contributed by atoms with Crippen molar-refractivity contribution >= 4 is 5.97 Å². The number of hydrogen-bond acceptors (Lipinski definition) is 5. The van der Waals surface area contributed by atoms with E-state index >= 15 is 0 Å². The Morgan fingerprint density at radius 2 is 1.58 bits per heavy atom. The summed E-state index contributed by atoms with van der Waals surface area (Å²) in [5.41, 5.74) is -0.0446. The highest BCUT2D eigenvalue weighted by molar-refractivity contribution is 5.91. The number of rotatable bonds is 9. The van der Waals surface area contributed by atoms with Crippen LogP contribution in [0.25, 0.3) is 0 Å². The van der Waals surface area contributed by atoms with Gasteiger partial charge in [-0.05, 0) is 55.0 Å². The molecule has 0 aliphatic rings. The lowest BCUT2D eigenvalue weighted by atomic mass is 10.2. The zero-order chi connectivity index (χ0) is 18.8. The van der Waals surface area contributed by atoms with Crippen molar-refractivity contribution in [2.75, 3.05) is 13.7 Å². The summed E-state index contributed by atoms with van der Waals surface area (Å²) in [6.45, 7) is 2.75. The van der Waals surface area contributed by atoms with Gasteiger partial charge in [0.25, 0.3) is 0 Å². The second-order valence-corrected chi connectivity index (χ2v) is 5.82. The predicted octanol–water partition coefficient (Wildman–Crippen LogP) is 4.23. The molecule has 0 aromatic heterocycles. The highest BCUT2D eigenvalue weighted by atomic mass is 16.5. The SMILES string of the molecule is CCCCCCOc1ccc(OC(=O)c2ccc(OC)cc2)c(=O)cc1. The van der Waals surface area contributed by atoms with Gasteiger partial charge in [-0.3, -0.25) is 4.79 Å². The number of ether oxygens (including phenoxy) is 3. The van der Waals surface area contributed by atoms with Crippen LogP contribution < -0.4 is 19.6 Å². The summed E-state index contributed by atoms with van der Waals surface area (Å²) in [6, 6.07) is 12.5. The minimum absolute atomic E-state index is 0.0355. The van der Waals surface area contributed by atoms with Crippen LogP contribution in [-0.2, 0) is 0 Å². The largest absolute Gasteiger partial charge is 0.497 e. The normalized spacial score (nSPS) is 10.2. The molecule has 0 spiro atoms. The van der Waals surface area contributed by atoms with Gasteiger partial charge in [-0.1, -0.05) is 26.2 Å². The van der Waals surface area contributed by atoms with Gasteiger partial charge < -0.3 is 14.2 Å². The van der Waals surface area contributed by atoms with Crippen molar-refractivity contribution in [3.63, 3.8) is 0 Å². The van der Waals surface area contributed by atoms with E-state index in [1.807, 2.05) is 0 Å².